The summed E-state index contributed by atoms with van der Waals surface area (Å²) < 4.78 is 12.6. The highest BCUT2D eigenvalue weighted by molar-refractivity contribution is 7.99. The highest BCUT2D eigenvalue weighted by atomic mass is 32.2. The maximum Gasteiger partial charge on any atom is 0.250 e. The SMILES string of the molecule is COc1ccc(-n2c(SCC(=O)NN=CC=Cc3ccccc3OC)nnc2-c2ccc(C(C)(C)C)cc2)cc1. The zero-order valence-electron chi connectivity index (χ0n) is 23.3. The predicted molar refractivity (Wildman–Crippen MR) is 161 cm³/mol. The summed E-state index contributed by atoms with van der Waals surface area (Å²) in [5.74, 6) is 2.06. The van der Waals surface area contributed by atoms with Crippen molar-refractivity contribution in [1.82, 2.24) is 20.2 Å². The zero-order chi connectivity index (χ0) is 28.5. The van der Waals surface area contributed by atoms with Crippen molar-refractivity contribution < 1.29 is 14.3 Å². The Kier molecular flexibility index (Phi) is 9.39. The van der Waals surface area contributed by atoms with E-state index >= 15 is 0 Å². The van der Waals surface area contributed by atoms with Crippen molar-refractivity contribution in [2.75, 3.05) is 20.0 Å². The van der Waals surface area contributed by atoms with Crippen LogP contribution >= 0.6 is 11.8 Å². The number of rotatable bonds is 10. The molecular formula is C31H33N5O3S. The van der Waals surface area contributed by atoms with Crippen molar-refractivity contribution in [2.45, 2.75) is 31.3 Å². The number of allylic oxidation sites excluding steroid dienone is 1. The number of hydrogen-bond donors (Lipinski definition) is 1. The molecule has 9 heteroatoms. The summed E-state index contributed by atoms with van der Waals surface area (Å²) in [5.41, 5.74) is 6.54. The van der Waals surface area contributed by atoms with Crippen LogP contribution in [-0.4, -0.2) is 46.9 Å². The minimum Gasteiger partial charge on any atom is -0.497 e. The second-order valence-electron chi connectivity index (χ2n) is 9.87. The molecule has 1 N–H and O–H groups in total. The van der Waals surface area contributed by atoms with Crippen LogP contribution in [0, 0.1) is 0 Å². The Labute approximate surface area is 239 Å². The number of carbonyl (C=O) groups is 1. The van der Waals surface area contributed by atoms with Gasteiger partial charge in [-0.2, -0.15) is 5.10 Å². The van der Waals surface area contributed by atoms with Crippen LogP contribution in [0.15, 0.2) is 89.1 Å². The summed E-state index contributed by atoms with van der Waals surface area (Å²) in [5, 5.41) is 13.5. The molecule has 40 heavy (non-hydrogen) atoms. The summed E-state index contributed by atoms with van der Waals surface area (Å²) in [4.78, 5) is 12.5. The molecule has 1 heterocycles. The van der Waals surface area contributed by atoms with Gasteiger partial charge in [-0.15, -0.1) is 10.2 Å². The first kappa shape index (κ1) is 28.6. The Bertz CT molecular complexity index is 1490. The highest BCUT2D eigenvalue weighted by Gasteiger charge is 2.19. The Hall–Kier alpha value is -4.37. The van der Waals surface area contributed by atoms with E-state index in [4.69, 9.17) is 9.47 Å². The fourth-order valence-electron chi connectivity index (χ4n) is 3.90. The Morgan fingerprint density at radius 1 is 0.975 bits per heavy atom. The van der Waals surface area contributed by atoms with Crippen LogP contribution < -0.4 is 14.9 Å². The van der Waals surface area contributed by atoms with E-state index in [1.165, 1.54) is 23.5 Å². The number of carbonyl (C=O) groups excluding carboxylic acids is 1. The molecule has 1 aromatic heterocycles. The Balaban J connectivity index is 1.48. The number of methoxy groups -OCH3 is 2. The molecule has 4 aromatic rings. The number of nitrogens with zero attached hydrogens (tertiary/aromatic N) is 4. The van der Waals surface area contributed by atoms with E-state index in [1.54, 1.807) is 20.3 Å². The summed E-state index contributed by atoms with van der Waals surface area (Å²) in [6.45, 7) is 6.55. The van der Waals surface area contributed by atoms with Crippen LogP contribution in [0.4, 0.5) is 0 Å². The van der Waals surface area contributed by atoms with Crippen LogP contribution in [-0.2, 0) is 10.2 Å². The van der Waals surface area contributed by atoms with Gasteiger partial charge in [-0.1, -0.05) is 75.0 Å². The topological polar surface area (TPSA) is 90.6 Å². The van der Waals surface area contributed by atoms with Gasteiger partial charge in [-0.3, -0.25) is 9.36 Å². The standard InChI is InChI=1S/C31H33N5O3S/c1-31(2,3)24-14-12-23(13-15-24)29-34-35-30(36(29)25-16-18-26(38-4)19-17-25)40-21-28(37)33-32-20-8-10-22-9-6-7-11-27(22)39-5/h6-20H,21H2,1-5H3,(H,33,37). The lowest BCUT2D eigenvalue weighted by molar-refractivity contribution is -0.118. The lowest BCUT2D eigenvalue weighted by Gasteiger charge is -2.19. The molecule has 0 aliphatic rings. The molecule has 1 amide bonds. The number of benzene rings is 3. The van der Waals surface area contributed by atoms with Crippen molar-refractivity contribution in [2.24, 2.45) is 5.10 Å². The van der Waals surface area contributed by atoms with Crippen LogP contribution in [0.2, 0.25) is 0 Å². The summed E-state index contributed by atoms with van der Waals surface area (Å²) in [6, 6.07) is 23.6. The number of thioether (sulfide) groups is 1. The molecule has 8 nitrogen and oxygen atoms in total. The van der Waals surface area contributed by atoms with Crippen molar-refractivity contribution in [3.63, 3.8) is 0 Å². The third-order valence-electron chi connectivity index (χ3n) is 6.07. The van der Waals surface area contributed by atoms with Gasteiger partial charge >= 0.3 is 0 Å². The van der Waals surface area contributed by atoms with Gasteiger partial charge in [-0.25, -0.2) is 5.43 Å². The lowest BCUT2D eigenvalue weighted by Crippen LogP contribution is -2.19. The molecule has 0 spiro atoms. The quantitative estimate of drug-likeness (QED) is 0.143. The number of hydrazone groups is 1. The molecule has 0 aliphatic carbocycles. The molecule has 0 atom stereocenters. The van der Waals surface area contributed by atoms with E-state index in [-0.39, 0.29) is 17.1 Å². The first-order valence-corrected chi connectivity index (χ1v) is 13.7. The van der Waals surface area contributed by atoms with E-state index in [0.717, 1.165) is 28.3 Å². The van der Waals surface area contributed by atoms with Crippen LogP contribution in [0.25, 0.3) is 23.2 Å². The molecule has 0 unspecified atom stereocenters. The van der Waals surface area contributed by atoms with Gasteiger partial charge in [0, 0.05) is 23.0 Å². The predicted octanol–water partition coefficient (Wildman–Crippen LogP) is 6.16. The minimum absolute atomic E-state index is 0.0449. The second-order valence-corrected chi connectivity index (χ2v) is 10.8. The molecular weight excluding hydrogens is 522 g/mol. The lowest BCUT2D eigenvalue weighted by atomic mass is 9.87. The Morgan fingerprint density at radius 3 is 2.38 bits per heavy atom. The third kappa shape index (κ3) is 7.18. The van der Waals surface area contributed by atoms with E-state index in [9.17, 15) is 4.79 Å². The molecule has 0 bridgehead atoms. The van der Waals surface area contributed by atoms with Crippen molar-refractivity contribution in [1.29, 1.82) is 0 Å². The van der Waals surface area contributed by atoms with E-state index in [2.05, 4.69) is 65.8 Å². The number of hydrogen-bond acceptors (Lipinski definition) is 7. The fourth-order valence-corrected chi connectivity index (χ4v) is 4.64. The van der Waals surface area contributed by atoms with E-state index in [0.29, 0.717) is 11.0 Å². The highest BCUT2D eigenvalue weighted by Crippen LogP contribution is 2.30. The van der Waals surface area contributed by atoms with Crippen molar-refractivity contribution in [3.05, 3.63) is 90.0 Å². The zero-order valence-corrected chi connectivity index (χ0v) is 24.1. The van der Waals surface area contributed by atoms with Gasteiger partial charge < -0.3 is 9.47 Å². The molecule has 0 saturated carbocycles. The van der Waals surface area contributed by atoms with Gasteiger partial charge in [0.2, 0.25) is 0 Å². The molecule has 4 rings (SSSR count). The second kappa shape index (κ2) is 13.1. The third-order valence-corrected chi connectivity index (χ3v) is 7.00. The molecule has 0 saturated heterocycles. The molecule has 206 valence electrons. The van der Waals surface area contributed by atoms with Crippen LogP contribution in [0.1, 0.15) is 31.9 Å². The average Bonchev–Trinajstić information content (AvgIpc) is 3.39. The van der Waals surface area contributed by atoms with Crippen LogP contribution in [0.3, 0.4) is 0 Å². The molecule has 0 aliphatic heterocycles. The number of aromatic nitrogens is 3. The van der Waals surface area contributed by atoms with Gasteiger partial charge in [-0.05, 0) is 53.5 Å². The van der Waals surface area contributed by atoms with Gasteiger partial charge in [0.05, 0.1) is 20.0 Å². The summed E-state index contributed by atoms with van der Waals surface area (Å²) in [7, 11) is 3.26. The summed E-state index contributed by atoms with van der Waals surface area (Å²) >= 11 is 1.29. The fraction of sp³-hybridized carbons (Fsp3) is 0.226. The number of amides is 1. The monoisotopic (exact) mass is 555 g/mol. The molecule has 0 fully saturated rings. The largest absolute Gasteiger partial charge is 0.497 e. The average molecular weight is 556 g/mol. The number of nitrogens with one attached hydrogen (secondary N) is 1. The Morgan fingerprint density at radius 2 is 1.70 bits per heavy atom. The minimum atomic E-state index is -0.257. The molecule has 3 aromatic carbocycles. The number of ether oxygens (including phenoxy) is 2. The van der Waals surface area contributed by atoms with Gasteiger partial charge in [0.25, 0.3) is 5.91 Å². The van der Waals surface area contributed by atoms with Gasteiger partial charge in [0.15, 0.2) is 11.0 Å². The maximum atomic E-state index is 12.5. The maximum absolute atomic E-state index is 12.5. The summed E-state index contributed by atoms with van der Waals surface area (Å²) in [6.07, 6.45) is 5.12. The van der Waals surface area contributed by atoms with E-state index in [1.807, 2.05) is 59.2 Å². The first-order valence-electron chi connectivity index (χ1n) is 12.8. The smallest absolute Gasteiger partial charge is 0.250 e. The van der Waals surface area contributed by atoms with Crippen LogP contribution in [0.5, 0.6) is 11.5 Å². The van der Waals surface area contributed by atoms with E-state index < -0.39 is 0 Å². The van der Waals surface area contributed by atoms with Crippen molar-refractivity contribution in [3.8, 4) is 28.6 Å². The van der Waals surface area contributed by atoms with Crippen molar-refractivity contribution >= 4 is 30.0 Å². The first-order chi connectivity index (χ1) is 19.3. The molecule has 0 radical (unpaired) electrons. The normalized spacial score (nSPS) is 11.7. The number of para-hydroxylation sites is 1. The van der Waals surface area contributed by atoms with Gasteiger partial charge in [0.1, 0.15) is 11.5 Å².